The first-order valence-corrected chi connectivity index (χ1v) is 7.72. The Bertz CT molecular complexity index is 571. The Morgan fingerprint density at radius 3 is 2.77 bits per heavy atom. The van der Waals surface area contributed by atoms with E-state index in [0.717, 1.165) is 25.2 Å². The number of aliphatic carboxylic acids is 1. The first-order valence-electron chi connectivity index (χ1n) is 7.72. The predicted molar refractivity (Wildman–Crippen MR) is 81.3 cm³/mol. The Morgan fingerprint density at radius 2 is 2.23 bits per heavy atom. The molecule has 2 aliphatic carbocycles. The highest BCUT2D eigenvalue weighted by atomic mass is 16.4. The molecule has 6 nitrogen and oxygen atoms in total. The second-order valence-corrected chi connectivity index (χ2v) is 6.28. The van der Waals surface area contributed by atoms with Crippen molar-refractivity contribution >= 4 is 11.8 Å². The summed E-state index contributed by atoms with van der Waals surface area (Å²) in [7, 11) is 0. The molecule has 3 rings (SSSR count). The number of nitrogens with one attached hydrogen (secondary N) is 1. The quantitative estimate of drug-likeness (QED) is 0.796. The lowest BCUT2D eigenvalue weighted by Gasteiger charge is -2.43. The second kappa shape index (κ2) is 6.32. The Labute approximate surface area is 129 Å². The van der Waals surface area contributed by atoms with Crippen LogP contribution in [0.5, 0.6) is 0 Å². The maximum Gasteiger partial charge on any atom is 0.317 e. The number of carboxylic acid groups (broad SMARTS) is 1. The van der Waals surface area contributed by atoms with Gasteiger partial charge in [-0.25, -0.2) is 4.98 Å². The van der Waals surface area contributed by atoms with Crippen molar-refractivity contribution in [2.45, 2.75) is 37.8 Å². The molecule has 1 aromatic heterocycles. The fourth-order valence-electron chi connectivity index (χ4n) is 2.91. The highest BCUT2D eigenvalue weighted by molar-refractivity contribution is 5.69. The van der Waals surface area contributed by atoms with Crippen LogP contribution in [-0.4, -0.2) is 46.1 Å². The van der Waals surface area contributed by atoms with E-state index < -0.39 is 5.97 Å². The highest BCUT2D eigenvalue weighted by Gasteiger charge is 2.37. The molecule has 0 unspecified atom stereocenters. The molecule has 0 spiro atoms. The van der Waals surface area contributed by atoms with E-state index in [1.54, 1.807) is 12.3 Å². The third-order valence-electron chi connectivity index (χ3n) is 4.40. The molecule has 22 heavy (non-hydrogen) atoms. The normalized spacial score (nSPS) is 23.6. The summed E-state index contributed by atoms with van der Waals surface area (Å²) in [4.78, 5) is 17.3. The van der Waals surface area contributed by atoms with E-state index in [0.29, 0.717) is 23.6 Å². The minimum atomic E-state index is -0.745. The van der Waals surface area contributed by atoms with E-state index in [2.05, 4.69) is 15.2 Å². The molecule has 116 valence electrons. The zero-order chi connectivity index (χ0) is 15.5. The lowest BCUT2D eigenvalue weighted by Crippen LogP contribution is -2.52. The van der Waals surface area contributed by atoms with E-state index in [1.165, 1.54) is 12.8 Å². The summed E-state index contributed by atoms with van der Waals surface area (Å²) in [6, 6.07) is 6.29. The van der Waals surface area contributed by atoms with Gasteiger partial charge >= 0.3 is 5.97 Å². The van der Waals surface area contributed by atoms with Gasteiger partial charge in [0, 0.05) is 24.8 Å². The topological polar surface area (TPSA) is 89.2 Å². The summed E-state index contributed by atoms with van der Waals surface area (Å²) < 4.78 is 0. The first-order chi connectivity index (χ1) is 10.6. The summed E-state index contributed by atoms with van der Waals surface area (Å²) in [6.07, 6.45) is 5.92. The lowest BCUT2D eigenvalue weighted by atomic mass is 9.85. The minimum Gasteiger partial charge on any atom is -0.480 e. The van der Waals surface area contributed by atoms with Gasteiger partial charge in [-0.05, 0) is 43.7 Å². The molecule has 0 aromatic carbocycles. The van der Waals surface area contributed by atoms with Crippen LogP contribution in [0.2, 0.25) is 0 Å². The molecule has 1 aromatic rings. The third kappa shape index (κ3) is 3.74. The van der Waals surface area contributed by atoms with Gasteiger partial charge in [0.15, 0.2) is 0 Å². The van der Waals surface area contributed by atoms with Gasteiger partial charge in [0.2, 0.25) is 0 Å². The Balaban J connectivity index is 1.48. The van der Waals surface area contributed by atoms with Gasteiger partial charge in [-0.2, -0.15) is 5.26 Å². The molecule has 0 bridgehead atoms. The average molecular weight is 300 g/mol. The fraction of sp³-hybridized carbons (Fsp3) is 0.562. The average Bonchev–Trinajstić information content (AvgIpc) is 3.26. The van der Waals surface area contributed by atoms with Crippen molar-refractivity contribution in [1.29, 1.82) is 5.26 Å². The van der Waals surface area contributed by atoms with Crippen LogP contribution in [0.4, 0.5) is 5.82 Å². The van der Waals surface area contributed by atoms with Crippen LogP contribution < -0.4 is 5.32 Å². The summed E-state index contributed by atoms with van der Waals surface area (Å²) in [6.45, 7) is 1.06. The number of aromatic nitrogens is 1. The molecular weight excluding hydrogens is 280 g/mol. The van der Waals surface area contributed by atoms with Gasteiger partial charge in [0.05, 0.1) is 12.1 Å². The molecule has 0 atom stereocenters. The monoisotopic (exact) mass is 300 g/mol. The molecule has 0 aliphatic heterocycles. The minimum absolute atomic E-state index is 0.142. The number of pyridine rings is 1. The molecule has 2 saturated carbocycles. The van der Waals surface area contributed by atoms with E-state index in [-0.39, 0.29) is 6.54 Å². The third-order valence-corrected chi connectivity index (χ3v) is 4.40. The van der Waals surface area contributed by atoms with Gasteiger partial charge < -0.3 is 10.4 Å². The van der Waals surface area contributed by atoms with Crippen LogP contribution in [0.25, 0.3) is 0 Å². The number of carbonyl (C=O) groups is 1. The van der Waals surface area contributed by atoms with Crippen molar-refractivity contribution in [3.05, 3.63) is 23.9 Å². The van der Waals surface area contributed by atoms with Gasteiger partial charge in [0.25, 0.3) is 0 Å². The van der Waals surface area contributed by atoms with E-state index in [9.17, 15) is 4.79 Å². The van der Waals surface area contributed by atoms with Crippen LogP contribution in [0.15, 0.2) is 18.3 Å². The number of anilines is 1. The smallest absolute Gasteiger partial charge is 0.317 e. The number of nitrogens with zero attached hydrogens (tertiary/aromatic N) is 3. The first kappa shape index (κ1) is 14.8. The summed E-state index contributed by atoms with van der Waals surface area (Å²) >= 11 is 0. The number of carboxylic acids is 1. The number of rotatable bonds is 7. The van der Waals surface area contributed by atoms with Crippen molar-refractivity contribution < 1.29 is 9.90 Å². The van der Waals surface area contributed by atoms with Crippen molar-refractivity contribution in [2.75, 3.05) is 18.4 Å². The molecule has 2 aliphatic rings. The Kier molecular flexibility index (Phi) is 4.25. The highest BCUT2D eigenvalue weighted by Crippen LogP contribution is 2.34. The van der Waals surface area contributed by atoms with Crippen molar-refractivity contribution in [1.82, 2.24) is 9.88 Å². The predicted octanol–water partition coefficient (Wildman–Crippen LogP) is 1.69. The maximum atomic E-state index is 11.0. The molecule has 0 radical (unpaired) electrons. The van der Waals surface area contributed by atoms with Crippen molar-refractivity contribution in [2.24, 2.45) is 5.92 Å². The summed E-state index contributed by atoms with van der Waals surface area (Å²) in [5, 5.41) is 21.1. The summed E-state index contributed by atoms with van der Waals surface area (Å²) in [5.74, 6) is 0.729. The number of hydrogen-bond donors (Lipinski definition) is 2. The van der Waals surface area contributed by atoms with E-state index in [4.69, 9.17) is 10.4 Å². The summed E-state index contributed by atoms with van der Waals surface area (Å²) in [5.41, 5.74) is 0.550. The Morgan fingerprint density at radius 1 is 1.45 bits per heavy atom. The van der Waals surface area contributed by atoms with Gasteiger partial charge in [0.1, 0.15) is 11.9 Å². The van der Waals surface area contributed by atoms with Gasteiger partial charge in [-0.1, -0.05) is 0 Å². The van der Waals surface area contributed by atoms with Crippen LogP contribution in [0.1, 0.15) is 31.2 Å². The molecule has 2 fully saturated rings. The number of nitriles is 1. The molecular formula is C16H20N4O2. The van der Waals surface area contributed by atoms with Gasteiger partial charge in [-0.3, -0.25) is 9.69 Å². The molecule has 2 N–H and O–H groups in total. The second-order valence-electron chi connectivity index (χ2n) is 6.28. The lowest BCUT2D eigenvalue weighted by molar-refractivity contribution is -0.139. The molecule has 1 heterocycles. The molecule has 0 saturated heterocycles. The number of hydrogen-bond acceptors (Lipinski definition) is 5. The van der Waals surface area contributed by atoms with Crippen molar-refractivity contribution in [3.63, 3.8) is 0 Å². The Hall–Kier alpha value is -2.13. The molecule has 0 amide bonds. The van der Waals surface area contributed by atoms with Crippen LogP contribution in [-0.2, 0) is 4.79 Å². The fourth-order valence-corrected chi connectivity index (χ4v) is 2.91. The maximum absolute atomic E-state index is 11.0. The van der Waals surface area contributed by atoms with E-state index in [1.807, 2.05) is 12.1 Å². The zero-order valence-electron chi connectivity index (χ0n) is 12.4. The SMILES string of the molecule is N#Cc1ccc(NC2CC(N(CC(=O)O)CC3CC3)C2)nc1. The van der Waals surface area contributed by atoms with E-state index >= 15 is 0 Å². The zero-order valence-corrected chi connectivity index (χ0v) is 12.4. The van der Waals surface area contributed by atoms with Gasteiger partial charge in [-0.15, -0.1) is 0 Å². The standard InChI is InChI=1S/C16H20N4O2/c17-7-12-3-4-15(18-8-12)19-13-5-14(6-13)20(10-16(21)22)9-11-1-2-11/h3-4,8,11,13-14H,1-2,5-6,9-10H2,(H,18,19)(H,21,22). The van der Waals surface area contributed by atoms with Crippen LogP contribution in [0, 0.1) is 17.2 Å². The largest absolute Gasteiger partial charge is 0.480 e. The molecule has 6 heteroatoms. The van der Waals surface area contributed by atoms with Crippen molar-refractivity contribution in [3.8, 4) is 6.07 Å². The van der Waals surface area contributed by atoms with Crippen LogP contribution >= 0.6 is 0 Å². The van der Waals surface area contributed by atoms with Crippen LogP contribution in [0.3, 0.4) is 0 Å².